The maximum Gasteiger partial charge on any atom is 0.320 e. The standard InChI is InChI=1S/C7H8BrNO2S.ClH/c8-6-2-4(3-12-6)1-5(9)7(10)11;/h2-3,5H,1,9H2,(H,10,11);1H. The van der Waals surface area contributed by atoms with Gasteiger partial charge in [-0.3, -0.25) is 4.79 Å². The Morgan fingerprint density at radius 2 is 2.38 bits per heavy atom. The van der Waals surface area contributed by atoms with Crippen molar-refractivity contribution in [3.8, 4) is 0 Å². The molecule has 0 radical (unpaired) electrons. The molecular weight excluding hydrogens is 278 g/mol. The van der Waals surface area contributed by atoms with Crippen LogP contribution in [0.5, 0.6) is 0 Å². The number of carboxylic acids is 1. The van der Waals surface area contributed by atoms with Crippen molar-refractivity contribution in [2.45, 2.75) is 12.5 Å². The van der Waals surface area contributed by atoms with Crippen LogP contribution in [-0.2, 0) is 11.2 Å². The Kier molecular flexibility index (Phi) is 5.55. The Bertz CT molecular complexity index is 292. The van der Waals surface area contributed by atoms with Gasteiger partial charge in [-0.15, -0.1) is 23.7 Å². The minimum Gasteiger partial charge on any atom is -0.480 e. The molecule has 13 heavy (non-hydrogen) atoms. The van der Waals surface area contributed by atoms with E-state index in [1.165, 1.54) is 11.3 Å². The van der Waals surface area contributed by atoms with Gasteiger partial charge in [0, 0.05) is 0 Å². The first-order valence-corrected chi connectivity index (χ1v) is 4.98. The largest absolute Gasteiger partial charge is 0.480 e. The first-order valence-electron chi connectivity index (χ1n) is 3.31. The number of nitrogens with two attached hydrogens (primary N) is 1. The van der Waals surface area contributed by atoms with Crippen LogP contribution in [0.15, 0.2) is 15.2 Å². The molecule has 0 aromatic carbocycles. The van der Waals surface area contributed by atoms with Crippen LogP contribution in [0.2, 0.25) is 0 Å². The second kappa shape index (κ2) is 5.59. The normalized spacial score (nSPS) is 11.8. The van der Waals surface area contributed by atoms with Gasteiger partial charge in [-0.2, -0.15) is 0 Å². The highest BCUT2D eigenvalue weighted by Gasteiger charge is 2.12. The number of rotatable bonds is 3. The zero-order valence-electron chi connectivity index (χ0n) is 6.57. The minimum atomic E-state index is -0.961. The first kappa shape index (κ1) is 12.9. The van der Waals surface area contributed by atoms with Gasteiger partial charge in [0.1, 0.15) is 6.04 Å². The molecule has 0 aliphatic rings. The van der Waals surface area contributed by atoms with Crippen molar-refractivity contribution in [3.63, 3.8) is 0 Å². The summed E-state index contributed by atoms with van der Waals surface area (Å²) in [6, 6.07) is 1.08. The number of hydrogen-bond acceptors (Lipinski definition) is 3. The summed E-state index contributed by atoms with van der Waals surface area (Å²) in [7, 11) is 0. The number of halogens is 2. The van der Waals surface area contributed by atoms with Gasteiger partial charge in [-0.25, -0.2) is 0 Å². The third-order valence-corrected chi connectivity index (χ3v) is 2.95. The average Bonchev–Trinajstić information content (AvgIpc) is 2.35. The molecule has 0 amide bonds. The Labute approximate surface area is 94.5 Å². The van der Waals surface area contributed by atoms with E-state index in [1.807, 2.05) is 11.4 Å². The number of thiophene rings is 1. The lowest BCUT2D eigenvalue weighted by molar-refractivity contribution is -0.138. The fraction of sp³-hybridized carbons (Fsp3) is 0.286. The summed E-state index contributed by atoms with van der Waals surface area (Å²) < 4.78 is 0.995. The molecule has 3 N–H and O–H groups in total. The van der Waals surface area contributed by atoms with E-state index in [4.69, 9.17) is 10.8 Å². The molecule has 1 rings (SSSR count). The molecule has 0 spiro atoms. The Hall–Kier alpha value is -0.100. The number of carboxylic acid groups (broad SMARTS) is 1. The molecule has 0 bridgehead atoms. The van der Waals surface area contributed by atoms with Crippen molar-refractivity contribution in [2.24, 2.45) is 5.73 Å². The van der Waals surface area contributed by atoms with Gasteiger partial charge >= 0.3 is 5.97 Å². The number of aliphatic carboxylic acids is 1. The molecule has 1 aromatic heterocycles. The van der Waals surface area contributed by atoms with Gasteiger partial charge in [0.05, 0.1) is 3.79 Å². The minimum absolute atomic E-state index is 0. The van der Waals surface area contributed by atoms with Crippen LogP contribution in [0.25, 0.3) is 0 Å². The lowest BCUT2D eigenvalue weighted by Gasteiger charge is -2.02. The first-order chi connectivity index (χ1) is 5.59. The number of hydrogen-bond donors (Lipinski definition) is 2. The van der Waals surface area contributed by atoms with Gasteiger partial charge in [0.15, 0.2) is 0 Å². The molecular formula is C7H9BrClNO2S. The topological polar surface area (TPSA) is 63.3 Å². The van der Waals surface area contributed by atoms with E-state index in [0.717, 1.165) is 9.35 Å². The van der Waals surface area contributed by atoms with Crippen LogP contribution >= 0.6 is 39.7 Å². The van der Waals surface area contributed by atoms with Crippen molar-refractivity contribution in [2.75, 3.05) is 0 Å². The molecule has 0 aliphatic heterocycles. The fourth-order valence-corrected chi connectivity index (χ4v) is 2.02. The summed E-state index contributed by atoms with van der Waals surface area (Å²) in [4.78, 5) is 10.4. The van der Waals surface area contributed by atoms with Crippen molar-refractivity contribution >= 4 is 45.6 Å². The van der Waals surface area contributed by atoms with E-state index < -0.39 is 12.0 Å². The van der Waals surface area contributed by atoms with Crippen LogP contribution in [-0.4, -0.2) is 17.1 Å². The Morgan fingerprint density at radius 1 is 1.77 bits per heavy atom. The van der Waals surface area contributed by atoms with Crippen LogP contribution < -0.4 is 5.73 Å². The molecule has 74 valence electrons. The summed E-state index contributed by atoms with van der Waals surface area (Å²) in [5.74, 6) is -0.961. The van der Waals surface area contributed by atoms with Crippen LogP contribution in [0.4, 0.5) is 0 Å². The van der Waals surface area contributed by atoms with Crippen LogP contribution in [0.3, 0.4) is 0 Å². The smallest absolute Gasteiger partial charge is 0.320 e. The third kappa shape index (κ3) is 4.08. The molecule has 6 heteroatoms. The van der Waals surface area contributed by atoms with Crippen LogP contribution in [0.1, 0.15) is 5.56 Å². The molecule has 3 nitrogen and oxygen atoms in total. The molecule has 0 saturated heterocycles. The second-order valence-corrected chi connectivity index (χ2v) is 4.70. The van der Waals surface area contributed by atoms with E-state index in [1.54, 1.807) is 0 Å². The van der Waals surface area contributed by atoms with Crippen molar-refractivity contribution in [1.29, 1.82) is 0 Å². The zero-order valence-corrected chi connectivity index (χ0v) is 9.79. The second-order valence-electron chi connectivity index (χ2n) is 2.41. The lowest BCUT2D eigenvalue weighted by atomic mass is 10.1. The summed E-state index contributed by atoms with van der Waals surface area (Å²) in [5.41, 5.74) is 6.31. The van der Waals surface area contributed by atoms with Crippen molar-refractivity contribution in [1.82, 2.24) is 0 Å². The van der Waals surface area contributed by atoms with Crippen molar-refractivity contribution in [3.05, 3.63) is 20.8 Å². The quantitative estimate of drug-likeness (QED) is 0.892. The predicted octanol–water partition coefficient (Wildman–Crippen LogP) is 1.89. The van der Waals surface area contributed by atoms with Gasteiger partial charge in [-0.05, 0) is 39.4 Å². The fourth-order valence-electron chi connectivity index (χ4n) is 0.794. The maximum atomic E-state index is 10.4. The molecule has 1 aromatic rings. The molecule has 1 unspecified atom stereocenters. The van der Waals surface area contributed by atoms with E-state index in [9.17, 15) is 4.79 Å². The summed E-state index contributed by atoms with van der Waals surface area (Å²) in [6.07, 6.45) is 0.386. The number of carbonyl (C=O) groups is 1. The van der Waals surface area contributed by atoms with Crippen molar-refractivity contribution < 1.29 is 9.90 Å². The molecule has 0 aliphatic carbocycles. The van der Waals surface area contributed by atoms with E-state index in [-0.39, 0.29) is 12.4 Å². The van der Waals surface area contributed by atoms with Crippen LogP contribution in [0, 0.1) is 0 Å². The van der Waals surface area contributed by atoms with E-state index in [0.29, 0.717) is 6.42 Å². The molecule has 1 atom stereocenters. The predicted molar refractivity (Wildman–Crippen MR) is 58.6 cm³/mol. The van der Waals surface area contributed by atoms with Gasteiger partial charge in [0.2, 0.25) is 0 Å². The average molecular weight is 287 g/mol. The summed E-state index contributed by atoms with van der Waals surface area (Å²) in [6.45, 7) is 0. The maximum absolute atomic E-state index is 10.4. The monoisotopic (exact) mass is 285 g/mol. The third-order valence-electron chi connectivity index (χ3n) is 1.39. The highest BCUT2D eigenvalue weighted by atomic mass is 79.9. The van der Waals surface area contributed by atoms with E-state index in [2.05, 4.69) is 15.9 Å². The molecule has 0 fully saturated rings. The Balaban J connectivity index is 0.00000144. The molecule has 1 heterocycles. The van der Waals surface area contributed by atoms with Gasteiger partial charge < -0.3 is 10.8 Å². The zero-order chi connectivity index (χ0) is 9.14. The highest BCUT2D eigenvalue weighted by Crippen LogP contribution is 2.21. The lowest BCUT2D eigenvalue weighted by Crippen LogP contribution is -2.32. The van der Waals surface area contributed by atoms with E-state index >= 15 is 0 Å². The Morgan fingerprint density at radius 3 is 2.77 bits per heavy atom. The van der Waals surface area contributed by atoms with Gasteiger partial charge in [0.25, 0.3) is 0 Å². The summed E-state index contributed by atoms with van der Waals surface area (Å²) in [5, 5.41) is 10.4. The van der Waals surface area contributed by atoms with Gasteiger partial charge in [-0.1, -0.05) is 0 Å². The summed E-state index contributed by atoms with van der Waals surface area (Å²) >= 11 is 4.82. The molecule has 0 saturated carbocycles. The highest BCUT2D eigenvalue weighted by molar-refractivity contribution is 9.11. The SMILES string of the molecule is Cl.NC(Cc1csc(Br)c1)C(=O)O.